The van der Waals surface area contributed by atoms with Crippen molar-refractivity contribution in [3.8, 4) is 17.2 Å². The Kier molecular flexibility index (Phi) is 5.12. The van der Waals surface area contributed by atoms with Crippen molar-refractivity contribution >= 4 is 5.97 Å². The van der Waals surface area contributed by atoms with Crippen LogP contribution in [0.5, 0.6) is 17.2 Å². The maximum Gasteiger partial charge on any atom is 0.311 e. The second-order valence-corrected chi connectivity index (χ2v) is 6.31. The molecule has 1 N–H and O–H groups in total. The summed E-state index contributed by atoms with van der Waals surface area (Å²) in [7, 11) is 0. The minimum atomic E-state index is -0.862. The van der Waals surface area contributed by atoms with E-state index in [0.717, 1.165) is 11.3 Å². The maximum absolute atomic E-state index is 11.8. The van der Waals surface area contributed by atoms with Crippen molar-refractivity contribution in [2.45, 2.75) is 32.3 Å². The molecule has 0 radical (unpaired) electrons. The molecule has 0 saturated heterocycles. The van der Waals surface area contributed by atoms with Crippen LogP contribution in [0.2, 0.25) is 0 Å². The zero-order valence-electron chi connectivity index (χ0n) is 14.4. The van der Waals surface area contributed by atoms with E-state index >= 15 is 0 Å². The van der Waals surface area contributed by atoms with Crippen molar-refractivity contribution < 1.29 is 24.1 Å². The Morgan fingerprint density at radius 2 is 1.76 bits per heavy atom. The molecule has 0 saturated carbocycles. The lowest BCUT2D eigenvalue weighted by molar-refractivity contribution is -0.138. The van der Waals surface area contributed by atoms with Gasteiger partial charge in [-0.1, -0.05) is 18.2 Å². The fraction of sp³-hybridized carbons (Fsp3) is 0.350. The van der Waals surface area contributed by atoms with Gasteiger partial charge in [-0.15, -0.1) is 0 Å². The smallest absolute Gasteiger partial charge is 0.311 e. The Morgan fingerprint density at radius 3 is 2.40 bits per heavy atom. The van der Waals surface area contributed by atoms with Crippen LogP contribution in [0.3, 0.4) is 0 Å². The third kappa shape index (κ3) is 4.24. The average molecular weight is 342 g/mol. The van der Waals surface area contributed by atoms with E-state index in [4.69, 9.17) is 14.2 Å². The van der Waals surface area contributed by atoms with Crippen LogP contribution in [0.25, 0.3) is 0 Å². The Labute approximate surface area is 147 Å². The number of hydrogen-bond donors (Lipinski definition) is 1. The van der Waals surface area contributed by atoms with Crippen molar-refractivity contribution in [3.63, 3.8) is 0 Å². The van der Waals surface area contributed by atoms with Gasteiger partial charge in [0.1, 0.15) is 19.0 Å². The minimum absolute atomic E-state index is 0.107. The zero-order valence-corrected chi connectivity index (χ0v) is 14.4. The molecular weight excluding hydrogens is 320 g/mol. The number of carboxylic acids is 1. The number of hydrogen-bond acceptors (Lipinski definition) is 4. The number of aliphatic carboxylic acids is 1. The average Bonchev–Trinajstić information content (AvgIpc) is 2.60. The number of carbonyl (C=O) groups is 1. The Hall–Kier alpha value is -2.69. The molecule has 25 heavy (non-hydrogen) atoms. The molecule has 1 aliphatic rings. The van der Waals surface area contributed by atoms with Gasteiger partial charge in [0.05, 0.1) is 12.0 Å². The lowest BCUT2D eigenvalue weighted by Crippen LogP contribution is -2.18. The van der Waals surface area contributed by atoms with Crippen molar-refractivity contribution in [3.05, 3.63) is 53.6 Å². The first kappa shape index (κ1) is 17.1. The minimum Gasteiger partial charge on any atom is -0.491 e. The van der Waals surface area contributed by atoms with Crippen LogP contribution < -0.4 is 14.2 Å². The van der Waals surface area contributed by atoms with Crippen molar-refractivity contribution in [1.82, 2.24) is 0 Å². The second kappa shape index (κ2) is 7.47. The van der Waals surface area contributed by atoms with Gasteiger partial charge in [0, 0.05) is 0 Å². The number of carboxylic acid groups (broad SMARTS) is 1. The van der Waals surface area contributed by atoms with Gasteiger partial charge in [0.25, 0.3) is 0 Å². The second-order valence-electron chi connectivity index (χ2n) is 6.31. The third-order valence-electron chi connectivity index (χ3n) is 4.00. The van der Waals surface area contributed by atoms with Crippen LogP contribution in [0.1, 0.15) is 30.9 Å². The van der Waals surface area contributed by atoms with Gasteiger partial charge in [-0.05, 0) is 55.7 Å². The normalized spacial score (nSPS) is 14.2. The van der Waals surface area contributed by atoms with Gasteiger partial charge in [-0.3, -0.25) is 4.79 Å². The number of fused-ring (bicyclic) bond motifs is 1. The first-order valence-electron chi connectivity index (χ1n) is 8.41. The molecule has 1 unspecified atom stereocenters. The van der Waals surface area contributed by atoms with E-state index in [2.05, 4.69) is 0 Å². The predicted octanol–water partition coefficient (Wildman–Crippen LogP) is 3.66. The number of rotatable bonds is 6. The van der Waals surface area contributed by atoms with Gasteiger partial charge < -0.3 is 19.3 Å². The molecule has 5 heteroatoms. The van der Waals surface area contributed by atoms with Crippen LogP contribution in [0.4, 0.5) is 0 Å². The fourth-order valence-corrected chi connectivity index (χ4v) is 2.84. The standard InChI is InChI=1S/C20H22O5/c1-13(2)25-16-6-3-14(4-7-16)11-17(20(21)22)15-5-8-18-19(12-15)24-10-9-23-18/h3-8,12-13,17H,9-11H2,1-2H3,(H,21,22). The van der Waals surface area contributed by atoms with E-state index in [1.165, 1.54) is 0 Å². The molecule has 0 spiro atoms. The summed E-state index contributed by atoms with van der Waals surface area (Å²) in [5.41, 5.74) is 1.65. The summed E-state index contributed by atoms with van der Waals surface area (Å²) in [6, 6.07) is 12.9. The molecule has 0 amide bonds. The first-order chi connectivity index (χ1) is 12.0. The summed E-state index contributed by atoms with van der Waals surface area (Å²) in [6.07, 6.45) is 0.507. The van der Waals surface area contributed by atoms with Crippen molar-refractivity contribution in [1.29, 1.82) is 0 Å². The highest BCUT2D eigenvalue weighted by Gasteiger charge is 2.23. The number of benzene rings is 2. The summed E-state index contributed by atoms with van der Waals surface area (Å²) in [5, 5.41) is 9.67. The van der Waals surface area contributed by atoms with Gasteiger partial charge in [-0.2, -0.15) is 0 Å². The van der Waals surface area contributed by atoms with E-state index in [1.54, 1.807) is 18.2 Å². The van der Waals surface area contributed by atoms with Gasteiger partial charge in [0.2, 0.25) is 0 Å². The van der Waals surface area contributed by atoms with Crippen molar-refractivity contribution in [2.24, 2.45) is 0 Å². The highest BCUT2D eigenvalue weighted by Crippen LogP contribution is 2.34. The SMILES string of the molecule is CC(C)Oc1ccc(CC(C(=O)O)c2ccc3c(c2)OCCO3)cc1. The summed E-state index contributed by atoms with van der Waals surface area (Å²) < 4.78 is 16.7. The van der Waals surface area contributed by atoms with Crippen LogP contribution in [-0.2, 0) is 11.2 Å². The molecule has 1 aliphatic heterocycles. The van der Waals surface area contributed by atoms with E-state index < -0.39 is 11.9 Å². The van der Waals surface area contributed by atoms with Gasteiger partial charge in [-0.25, -0.2) is 0 Å². The maximum atomic E-state index is 11.8. The van der Waals surface area contributed by atoms with Crippen LogP contribution >= 0.6 is 0 Å². The summed E-state index contributed by atoms with van der Waals surface area (Å²) in [4.78, 5) is 11.8. The summed E-state index contributed by atoms with van der Waals surface area (Å²) in [5.74, 6) is 0.543. The Balaban J connectivity index is 1.78. The van der Waals surface area contributed by atoms with E-state index in [-0.39, 0.29) is 6.10 Å². The monoisotopic (exact) mass is 342 g/mol. The highest BCUT2D eigenvalue weighted by atomic mass is 16.6. The fourth-order valence-electron chi connectivity index (χ4n) is 2.84. The van der Waals surface area contributed by atoms with E-state index in [9.17, 15) is 9.90 Å². The molecule has 0 fully saturated rings. The van der Waals surface area contributed by atoms with E-state index in [0.29, 0.717) is 36.7 Å². The van der Waals surface area contributed by atoms with Gasteiger partial charge in [0.15, 0.2) is 11.5 Å². The molecule has 2 aromatic carbocycles. The van der Waals surface area contributed by atoms with Crippen molar-refractivity contribution in [2.75, 3.05) is 13.2 Å². The molecule has 1 heterocycles. The summed E-state index contributed by atoms with van der Waals surface area (Å²) in [6.45, 7) is 4.93. The number of ether oxygens (including phenoxy) is 3. The van der Waals surface area contributed by atoms with Crippen LogP contribution in [-0.4, -0.2) is 30.4 Å². The predicted molar refractivity (Wildman–Crippen MR) is 93.7 cm³/mol. The first-order valence-corrected chi connectivity index (χ1v) is 8.41. The third-order valence-corrected chi connectivity index (χ3v) is 4.00. The molecule has 132 valence electrons. The lowest BCUT2D eigenvalue weighted by atomic mass is 9.91. The van der Waals surface area contributed by atoms with Gasteiger partial charge >= 0.3 is 5.97 Å². The molecule has 1 atom stereocenters. The molecule has 3 rings (SSSR count). The topological polar surface area (TPSA) is 65.0 Å². The van der Waals surface area contributed by atoms with Crippen LogP contribution in [0.15, 0.2) is 42.5 Å². The Morgan fingerprint density at radius 1 is 1.08 bits per heavy atom. The molecule has 0 aliphatic carbocycles. The molecule has 2 aromatic rings. The Bertz CT molecular complexity index is 736. The highest BCUT2D eigenvalue weighted by molar-refractivity contribution is 5.77. The molecule has 0 bridgehead atoms. The van der Waals surface area contributed by atoms with E-state index in [1.807, 2.05) is 38.1 Å². The quantitative estimate of drug-likeness (QED) is 0.868. The molecular formula is C20H22O5. The summed E-state index contributed by atoms with van der Waals surface area (Å²) >= 11 is 0. The molecule has 5 nitrogen and oxygen atoms in total. The largest absolute Gasteiger partial charge is 0.491 e. The lowest BCUT2D eigenvalue weighted by Gasteiger charge is -2.20. The zero-order chi connectivity index (χ0) is 17.8. The molecule has 0 aromatic heterocycles. The van der Waals surface area contributed by atoms with Crippen LogP contribution in [0, 0.1) is 0 Å².